The van der Waals surface area contributed by atoms with E-state index in [1.54, 1.807) is 0 Å². The number of hydrogen-bond donors (Lipinski definition) is 1. The molecule has 18 heavy (non-hydrogen) atoms. The molecule has 2 rings (SSSR count). The van der Waals surface area contributed by atoms with E-state index in [1.165, 1.54) is 19.3 Å². The Morgan fingerprint density at radius 2 is 2.17 bits per heavy atom. The van der Waals surface area contributed by atoms with Gasteiger partial charge in [-0.25, -0.2) is 0 Å². The highest BCUT2D eigenvalue weighted by Crippen LogP contribution is 2.31. The average Bonchev–Trinajstić information content (AvgIpc) is 2.97. The average molecular weight is 253 g/mol. The van der Waals surface area contributed by atoms with Gasteiger partial charge in [0.2, 0.25) is 5.89 Å². The van der Waals surface area contributed by atoms with Crippen LogP contribution in [0.3, 0.4) is 0 Å². The van der Waals surface area contributed by atoms with Crippen molar-refractivity contribution < 1.29 is 9.26 Å². The summed E-state index contributed by atoms with van der Waals surface area (Å²) in [6.45, 7) is 6.02. The molecule has 1 aliphatic rings. The predicted octanol–water partition coefficient (Wildman–Crippen LogP) is 2.08. The molecule has 0 aliphatic heterocycles. The van der Waals surface area contributed by atoms with E-state index >= 15 is 0 Å². The Balaban J connectivity index is 1.74. The monoisotopic (exact) mass is 253 g/mol. The first kappa shape index (κ1) is 13.5. The van der Waals surface area contributed by atoms with Crippen LogP contribution in [0.1, 0.15) is 50.7 Å². The van der Waals surface area contributed by atoms with Crippen LogP contribution in [-0.4, -0.2) is 23.3 Å². The second-order valence-electron chi connectivity index (χ2n) is 5.41. The molecule has 5 nitrogen and oxygen atoms in total. The van der Waals surface area contributed by atoms with E-state index in [1.807, 2.05) is 13.8 Å². The number of ether oxygens (including phenoxy) is 1. The van der Waals surface area contributed by atoms with E-state index < -0.39 is 0 Å². The van der Waals surface area contributed by atoms with Crippen LogP contribution < -0.4 is 5.73 Å². The normalized spacial score (nSPS) is 24.0. The summed E-state index contributed by atoms with van der Waals surface area (Å²) < 4.78 is 10.8. The quantitative estimate of drug-likeness (QED) is 0.840. The van der Waals surface area contributed by atoms with Gasteiger partial charge in [-0.3, -0.25) is 0 Å². The van der Waals surface area contributed by atoms with Gasteiger partial charge >= 0.3 is 0 Å². The van der Waals surface area contributed by atoms with E-state index in [0.29, 0.717) is 30.2 Å². The second-order valence-corrected chi connectivity index (χ2v) is 5.41. The van der Waals surface area contributed by atoms with Crippen LogP contribution in [0, 0.1) is 11.8 Å². The zero-order valence-electron chi connectivity index (χ0n) is 11.3. The van der Waals surface area contributed by atoms with Crippen molar-refractivity contribution in [2.75, 3.05) is 13.2 Å². The molecule has 1 aromatic rings. The van der Waals surface area contributed by atoms with Crippen LogP contribution in [0.25, 0.3) is 0 Å². The van der Waals surface area contributed by atoms with Crippen LogP contribution in [0.15, 0.2) is 4.52 Å². The predicted molar refractivity (Wildman–Crippen MR) is 67.9 cm³/mol. The van der Waals surface area contributed by atoms with E-state index in [0.717, 1.165) is 13.2 Å². The first-order valence-electron chi connectivity index (χ1n) is 6.81. The molecular weight excluding hydrogens is 230 g/mol. The van der Waals surface area contributed by atoms with Gasteiger partial charge in [0.15, 0.2) is 5.82 Å². The lowest BCUT2D eigenvalue weighted by Crippen LogP contribution is -2.22. The Hall–Kier alpha value is -0.940. The van der Waals surface area contributed by atoms with Crippen molar-refractivity contribution in [1.82, 2.24) is 10.1 Å². The smallest absolute Gasteiger partial charge is 0.229 e. The summed E-state index contributed by atoms with van der Waals surface area (Å²) in [5, 5.41) is 3.90. The van der Waals surface area contributed by atoms with Gasteiger partial charge in [-0.15, -0.1) is 0 Å². The fourth-order valence-corrected chi connectivity index (χ4v) is 2.51. The van der Waals surface area contributed by atoms with Gasteiger partial charge in [0, 0.05) is 5.92 Å². The SMILES string of the molecule is CC(C)c1nc(COCC2CCCC2CN)no1. The molecule has 1 heterocycles. The summed E-state index contributed by atoms with van der Waals surface area (Å²) >= 11 is 0. The van der Waals surface area contributed by atoms with Gasteiger partial charge in [0.1, 0.15) is 6.61 Å². The zero-order valence-corrected chi connectivity index (χ0v) is 11.3. The van der Waals surface area contributed by atoms with Crippen molar-refractivity contribution >= 4 is 0 Å². The molecule has 2 N–H and O–H groups in total. The summed E-state index contributed by atoms with van der Waals surface area (Å²) in [5.41, 5.74) is 5.75. The third kappa shape index (κ3) is 3.29. The number of hydrogen-bond acceptors (Lipinski definition) is 5. The van der Waals surface area contributed by atoms with Gasteiger partial charge in [0.25, 0.3) is 0 Å². The lowest BCUT2D eigenvalue weighted by atomic mass is 9.97. The van der Waals surface area contributed by atoms with Crippen molar-refractivity contribution in [2.24, 2.45) is 17.6 Å². The lowest BCUT2D eigenvalue weighted by molar-refractivity contribution is 0.0701. The van der Waals surface area contributed by atoms with Crippen molar-refractivity contribution in [3.63, 3.8) is 0 Å². The highest BCUT2D eigenvalue weighted by molar-refractivity contribution is 4.89. The van der Waals surface area contributed by atoms with Crippen LogP contribution in [0.5, 0.6) is 0 Å². The van der Waals surface area contributed by atoms with Gasteiger partial charge < -0.3 is 15.0 Å². The van der Waals surface area contributed by atoms with Crippen molar-refractivity contribution in [3.05, 3.63) is 11.7 Å². The molecule has 0 radical (unpaired) electrons. The van der Waals surface area contributed by atoms with E-state index in [-0.39, 0.29) is 5.92 Å². The minimum atomic E-state index is 0.266. The maximum Gasteiger partial charge on any atom is 0.229 e. The Morgan fingerprint density at radius 3 is 2.83 bits per heavy atom. The lowest BCUT2D eigenvalue weighted by Gasteiger charge is -2.16. The molecule has 0 aromatic carbocycles. The molecule has 1 aromatic heterocycles. The van der Waals surface area contributed by atoms with Gasteiger partial charge in [-0.1, -0.05) is 25.4 Å². The molecule has 2 unspecified atom stereocenters. The highest BCUT2D eigenvalue weighted by atomic mass is 16.5. The van der Waals surface area contributed by atoms with Crippen molar-refractivity contribution in [2.45, 2.75) is 45.6 Å². The Bertz CT molecular complexity index is 365. The minimum Gasteiger partial charge on any atom is -0.373 e. The van der Waals surface area contributed by atoms with Crippen molar-refractivity contribution in [1.29, 1.82) is 0 Å². The molecule has 5 heteroatoms. The van der Waals surface area contributed by atoms with E-state index in [9.17, 15) is 0 Å². The molecule has 0 spiro atoms. The molecule has 1 fully saturated rings. The summed E-state index contributed by atoms with van der Waals surface area (Å²) in [7, 11) is 0. The number of nitrogens with two attached hydrogens (primary N) is 1. The summed E-state index contributed by atoms with van der Waals surface area (Å²) in [6, 6.07) is 0. The van der Waals surface area contributed by atoms with Crippen LogP contribution >= 0.6 is 0 Å². The maximum atomic E-state index is 5.75. The number of rotatable bonds is 6. The Labute approximate surface area is 108 Å². The number of nitrogens with zero attached hydrogens (tertiary/aromatic N) is 2. The molecule has 1 saturated carbocycles. The molecule has 2 atom stereocenters. The molecule has 0 bridgehead atoms. The van der Waals surface area contributed by atoms with Gasteiger partial charge in [-0.2, -0.15) is 4.98 Å². The maximum absolute atomic E-state index is 5.75. The molecule has 0 saturated heterocycles. The second kappa shape index (κ2) is 6.29. The summed E-state index contributed by atoms with van der Waals surface area (Å²) in [5.74, 6) is 2.81. The van der Waals surface area contributed by atoms with Gasteiger partial charge in [-0.05, 0) is 31.2 Å². The van der Waals surface area contributed by atoms with E-state index in [4.69, 9.17) is 15.0 Å². The third-order valence-corrected chi connectivity index (χ3v) is 3.66. The Kier molecular flexibility index (Phi) is 4.72. The van der Waals surface area contributed by atoms with Crippen LogP contribution in [0.4, 0.5) is 0 Å². The standard InChI is InChI=1S/C13H23N3O2/c1-9(2)13-15-12(16-18-13)8-17-7-11-5-3-4-10(11)6-14/h9-11H,3-8,14H2,1-2H3. The molecule has 0 amide bonds. The van der Waals surface area contributed by atoms with Gasteiger partial charge in [0.05, 0.1) is 6.61 Å². The fraction of sp³-hybridized carbons (Fsp3) is 0.846. The van der Waals surface area contributed by atoms with E-state index in [2.05, 4.69) is 10.1 Å². The minimum absolute atomic E-state index is 0.266. The molecule has 102 valence electrons. The fourth-order valence-electron chi connectivity index (χ4n) is 2.51. The zero-order chi connectivity index (χ0) is 13.0. The largest absolute Gasteiger partial charge is 0.373 e. The summed E-state index contributed by atoms with van der Waals surface area (Å²) in [6.07, 6.45) is 3.74. The Morgan fingerprint density at radius 1 is 1.39 bits per heavy atom. The molecular formula is C13H23N3O2. The third-order valence-electron chi connectivity index (χ3n) is 3.66. The van der Waals surface area contributed by atoms with Crippen LogP contribution in [0.2, 0.25) is 0 Å². The first-order valence-corrected chi connectivity index (χ1v) is 6.81. The summed E-state index contributed by atoms with van der Waals surface area (Å²) in [4.78, 5) is 4.29. The first-order chi connectivity index (χ1) is 8.70. The topological polar surface area (TPSA) is 74.2 Å². The van der Waals surface area contributed by atoms with Crippen molar-refractivity contribution in [3.8, 4) is 0 Å². The molecule has 1 aliphatic carbocycles. The highest BCUT2D eigenvalue weighted by Gasteiger charge is 2.26. The number of aromatic nitrogens is 2. The van der Waals surface area contributed by atoms with Crippen LogP contribution in [-0.2, 0) is 11.3 Å².